The van der Waals surface area contributed by atoms with Gasteiger partial charge in [-0.2, -0.15) is 0 Å². The molecule has 2 fully saturated rings. The van der Waals surface area contributed by atoms with Crippen molar-refractivity contribution in [1.29, 1.82) is 0 Å². The summed E-state index contributed by atoms with van der Waals surface area (Å²) in [5.41, 5.74) is -0.617. The standard InChI is InChI=1S/C24H35N5O5/c1-14(2)19(20(31)22(33)28-17-7-5-4-6-8-17)29-21(32)15(3)27-18(30)13-26-23(34)24-9-10-25-12-16(24)11-24/h9-10,12,14-17,19H,4-8,11,13H2,1-3H3,(H,26,34)(H,27,30)(H,28,33)(H,29,32)/t15-,16?,19-,24?/m0/s1. The Hall–Kier alpha value is -3.04. The van der Waals surface area contributed by atoms with E-state index in [1.807, 2.05) is 0 Å². The Labute approximate surface area is 199 Å². The summed E-state index contributed by atoms with van der Waals surface area (Å²) in [6.07, 6.45) is 10.6. The summed E-state index contributed by atoms with van der Waals surface area (Å²) < 4.78 is 0. The molecular weight excluding hydrogens is 438 g/mol. The molecule has 2 aliphatic carbocycles. The number of hydrogen-bond donors (Lipinski definition) is 4. The summed E-state index contributed by atoms with van der Waals surface area (Å²) in [5.74, 6) is -2.99. The Balaban J connectivity index is 1.45. The number of Topliss-reactive ketones (excluding diaryl/α,β-unsaturated/α-hetero) is 1. The first-order valence-corrected chi connectivity index (χ1v) is 12.1. The minimum absolute atomic E-state index is 0.0102. The van der Waals surface area contributed by atoms with E-state index < -0.39 is 41.0 Å². The molecule has 3 rings (SSSR count). The lowest BCUT2D eigenvalue weighted by Gasteiger charge is -2.26. The first-order chi connectivity index (χ1) is 16.1. The molecule has 1 heterocycles. The van der Waals surface area contributed by atoms with Crippen molar-refractivity contribution in [1.82, 2.24) is 21.3 Å². The zero-order valence-electron chi connectivity index (χ0n) is 20.1. The lowest BCUT2D eigenvalue weighted by molar-refractivity contribution is -0.141. The van der Waals surface area contributed by atoms with Crippen molar-refractivity contribution >= 4 is 35.6 Å². The van der Waals surface area contributed by atoms with Gasteiger partial charge in [0.15, 0.2) is 0 Å². The number of fused-ring (bicyclic) bond motifs is 1. The van der Waals surface area contributed by atoms with Crippen LogP contribution in [0.3, 0.4) is 0 Å². The van der Waals surface area contributed by atoms with Gasteiger partial charge in [0.1, 0.15) is 6.04 Å². The van der Waals surface area contributed by atoms with Crippen LogP contribution >= 0.6 is 0 Å². The Kier molecular flexibility index (Phi) is 8.22. The van der Waals surface area contributed by atoms with Gasteiger partial charge >= 0.3 is 0 Å². The summed E-state index contributed by atoms with van der Waals surface area (Å²) in [6.45, 7) is 4.69. The second kappa shape index (κ2) is 10.9. The maximum atomic E-state index is 12.7. The van der Waals surface area contributed by atoms with E-state index in [4.69, 9.17) is 0 Å². The molecule has 0 aromatic heterocycles. The summed E-state index contributed by atoms with van der Waals surface area (Å²) in [6, 6.07) is -1.96. The number of amides is 4. The fourth-order valence-electron chi connectivity index (χ4n) is 4.49. The predicted octanol–water partition coefficient (Wildman–Crippen LogP) is 0.371. The SMILES string of the molecule is CC(C)[C@H](NC(=O)[C@H](C)NC(=O)CNC(=O)C12C=CN=CC1C2)C(=O)C(=O)NC1CCCCC1. The third-order valence-corrected chi connectivity index (χ3v) is 6.80. The van der Waals surface area contributed by atoms with Crippen molar-refractivity contribution in [2.24, 2.45) is 22.2 Å². The maximum Gasteiger partial charge on any atom is 0.289 e. The highest BCUT2D eigenvalue weighted by Gasteiger charge is 2.58. The summed E-state index contributed by atoms with van der Waals surface area (Å²) >= 11 is 0. The average Bonchev–Trinajstić information content (AvgIpc) is 3.57. The molecule has 4 amide bonds. The number of nitrogens with one attached hydrogen (secondary N) is 4. The van der Waals surface area contributed by atoms with Crippen LogP contribution in [0.1, 0.15) is 59.3 Å². The predicted molar refractivity (Wildman–Crippen MR) is 126 cm³/mol. The summed E-state index contributed by atoms with van der Waals surface area (Å²) in [5, 5.41) is 10.5. The summed E-state index contributed by atoms with van der Waals surface area (Å²) in [4.78, 5) is 66.5. The second-order valence-electron chi connectivity index (χ2n) is 9.84. The Morgan fingerprint density at radius 1 is 1.03 bits per heavy atom. The van der Waals surface area contributed by atoms with Crippen LogP contribution in [-0.4, -0.2) is 60.3 Å². The van der Waals surface area contributed by atoms with E-state index in [1.165, 1.54) is 6.92 Å². The van der Waals surface area contributed by atoms with Gasteiger partial charge < -0.3 is 21.3 Å². The van der Waals surface area contributed by atoms with E-state index in [0.717, 1.165) is 32.1 Å². The van der Waals surface area contributed by atoms with Gasteiger partial charge in [-0.25, -0.2) is 0 Å². The minimum Gasteiger partial charge on any atom is -0.347 e. The molecule has 0 aromatic carbocycles. The molecule has 10 heteroatoms. The summed E-state index contributed by atoms with van der Waals surface area (Å²) in [7, 11) is 0. The van der Waals surface area contributed by atoms with Crippen molar-refractivity contribution in [3.05, 3.63) is 12.3 Å². The molecule has 186 valence electrons. The van der Waals surface area contributed by atoms with Crippen LogP contribution < -0.4 is 21.3 Å². The van der Waals surface area contributed by atoms with Gasteiger partial charge in [0.2, 0.25) is 23.5 Å². The van der Waals surface area contributed by atoms with E-state index in [2.05, 4.69) is 26.3 Å². The minimum atomic E-state index is -0.999. The average molecular weight is 474 g/mol. The van der Waals surface area contributed by atoms with Crippen LogP contribution in [-0.2, 0) is 24.0 Å². The molecule has 4 N–H and O–H groups in total. The molecule has 0 aromatic rings. The second-order valence-corrected chi connectivity index (χ2v) is 9.84. The molecule has 0 radical (unpaired) electrons. The fourth-order valence-corrected chi connectivity index (χ4v) is 4.49. The molecular formula is C24H35N5O5. The number of aliphatic imine (C=N–C) groups is 1. The van der Waals surface area contributed by atoms with Crippen molar-refractivity contribution in [2.45, 2.75) is 77.4 Å². The van der Waals surface area contributed by atoms with Gasteiger partial charge in [0.05, 0.1) is 18.0 Å². The maximum absolute atomic E-state index is 12.7. The normalized spacial score (nSPS) is 25.0. The van der Waals surface area contributed by atoms with Gasteiger partial charge in [0, 0.05) is 24.4 Å². The number of ketones is 1. The first kappa shape index (κ1) is 25.6. The first-order valence-electron chi connectivity index (χ1n) is 12.1. The Morgan fingerprint density at radius 2 is 1.74 bits per heavy atom. The molecule has 3 aliphatic rings. The van der Waals surface area contributed by atoms with Gasteiger partial charge in [-0.15, -0.1) is 0 Å². The third-order valence-electron chi connectivity index (χ3n) is 6.80. The molecule has 2 saturated carbocycles. The lowest BCUT2D eigenvalue weighted by atomic mass is 9.94. The van der Waals surface area contributed by atoms with E-state index >= 15 is 0 Å². The highest BCUT2D eigenvalue weighted by atomic mass is 16.2. The molecule has 0 saturated heterocycles. The van der Waals surface area contributed by atoms with Crippen LogP contribution in [0.2, 0.25) is 0 Å². The van der Waals surface area contributed by atoms with Crippen molar-refractivity contribution in [3.8, 4) is 0 Å². The van der Waals surface area contributed by atoms with Crippen LogP contribution in [0.5, 0.6) is 0 Å². The molecule has 0 spiro atoms. The zero-order chi connectivity index (χ0) is 24.9. The zero-order valence-corrected chi connectivity index (χ0v) is 20.1. The number of rotatable bonds is 10. The number of carbonyl (C=O) groups excluding carboxylic acids is 5. The number of hydrogen-bond acceptors (Lipinski definition) is 6. The van der Waals surface area contributed by atoms with E-state index in [0.29, 0.717) is 6.42 Å². The Bertz CT molecular complexity index is 892. The third kappa shape index (κ3) is 6.09. The van der Waals surface area contributed by atoms with Gasteiger partial charge in [-0.3, -0.25) is 29.0 Å². The lowest BCUT2D eigenvalue weighted by Crippen LogP contribution is -2.56. The van der Waals surface area contributed by atoms with Crippen LogP contribution in [0.15, 0.2) is 17.3 Å². The molecule has 34 heavy (non-hydrogen) atoms. The largest absolute Gasteiger partial charge is 0.347 e. The van der Waals surface area contributed by atoms with Crippen LogP contribution in [0, 0.1) is 17.3 Å². The van der Waals surface area contributed by atoms with Crippen molar-refractivity contribution < 1.29 is 24.0 Å². The van der Waals surface area contributed by atoms with Crippen LogP contribution in [0.4, 0.5) is 0 Å². The number of carbonyl (C=O) groups is 5. The highest BCUT2D eigenvalue weighted by molar-refractivity contribution is 6.38. The quantitative estimate of drug-likeness (QED) is 0.339. The molecule has 1 aliphatic heterocycles. The van der Waals surface area contributed by atoms with Crippen molar-refractivity contribution in [2.75, 3.05) is 6.54 Å². The highest BCUT2D eigenvalue weighted by Crippen LogP contribution is 2.54. The smallest absolute Gasteiger partial charge is 0.289 e. The molecule has 10 nitrogen and oxygen atoms in total. The molecule has 0 bridgehead atoms. The monoisotopic (exact) mass is 473 g/mol. The van der Waals surface area contributed by atoms with E-state index in [1.54, 1.807) is 32.3 Å². The van der Waals surface area contributed by atoms with E-state index in [-0.39, 0.29) is 30.3 Å². The fraction of sp³-hybridized carbons (Fsp3) is 0.667. The van der Waals surface area contributed by atoms with Crippen molar-refractivity contribution in [3.63, 3.8) is 0 Å². The van der Waals surface area contributed by atoms with Gasteiger partial charge in [0.25, 0.3) is 5.91 Å². The molecule has 4 atom stereocenters. The Morgan fingerprint density at radius 3 is 2.38 bits per heavy atom. The van der Waals surface area contributed by atoms with Gasteiger partial charge in [-0.05, 0) is 32.1 Å². The topological polar surface area (TPSA) is 146 Å². The van der Waals surface area contributed by atoms with Crippen LogP contribution in [0.25, 0.3) is 0 Å². The van der Waals surface area contributed by atoms with E-state index in [9.17, 15) is 24.0 Å². The van der Waals surface area contributed by atoms with Gasteiger partial charge in [-0.1, -0.05) is 39.2 Å². The molecule has 2 unspecified atom stereocenters. The number of nitrogens with zero attached hydrogens (tertiary/aromatic N) is 1.